The summed E-state index contributed by atoms with van der Waals surface area (Å²) in [4.78, 5) is 26.2. The summed E-state index contributed by atoms with van der Waals surface area (Å²) >= 11 is 0. The van der Waals surface area contributed by atoms with E-state index in [9.17, 15) is 19.3 Å². The maximum absolute atomic E-state index is 14.3. The van der Waals surface area contributed by atoms with Gasteiger partial charge in [-0.05, 0) is 31.1 Å². The number of amides is 2. The van der Waals surface area contributed by atoms with Gasteiger partial charge in [-0.2, -0.15) is 0 Å². The number of likely N-dealkylation sites (N-methyl/N-ethyl adjacent to an activating group) is 1. The molecule has 0 radical (unpaired) electrons. The summed E-state index contributed by atoms with van der Waals surface area (Å²) in [6, 6.07) is 0. The first-order chi connectivity index (χ1) is 23.2. The van der Waals surface area contributed by atoms with E-state index in [1.165, 1.54) is 96.3 Å². The molecule has 0 saturated carbocycles. The Kier molecular flexibility index (Phi) is 28.1. The normalized spacial score (nSPS) is 15.7. The van der Waals surface area contributed by atoms with E-state index in [1.807, 2.05) is 28.1 Å². The second-order valence-corrected chi connectivity index (χ2v) is 18.6. The SMILES string of the molecule is CCCCC(C)CCCCCCCCCC(=O)NC(O)(C[N+](C)(C)C)P(=O)(NC(=O)CCCCCCCCCC(C)CCCC)OCCC. The van der Waals surface area contributed by atoms with Crippen LogP contribution in [-0.2, 0) is 18.7 Å². The quantitative estimate of drug-likeness (QED) is 0.0266. The number of carbonyl (C=O) groups is 2. The average molecular weight is 717 g/mol. The molecule has 0 saturated heterocycles. The van der Waals surface area contributed by atoms with Gasteiger partial charge in [0.05, 0.1) is 27.7 Å². The van der Waals surface area contributed by atoms with Crippen LogP contribution < -0.4 is 10.4 Å². The van der Waals surface area contributed by atoms with Crippen LogP contribution in [0, 0.1) is 11.8 Å². The van der Waals surface area contributed by atoms with Gasteiger partial charge in [0, 0.05) is 12.8 Å². The Balaban J connectivity index is 4.80. The molecule has 49 heavy (non-hydrogen) atoms. The van der Waals surface area contributed by atoms with E-state index < -0.39 is 18.9 Å². The minimum Gasteiger partial charge on any atom is -0.357 e. The molecule has 292 valence electrons. The molecule has 4 unspecified atom stereocenters. The van der Waals surface area contributed by atoms with E-state index in [-0.39, 0.29) is 36.4 Å². The summed E-state index contributed by atoms with van der Waals surface area (Å²) in [5.41, 5.74) is -2.21. The molecule has 4 atom stereocenters. The molecular formula is C40H83N3O5P+. The molecule has 0 fully saturated rings. The van der Waals surface area contributed by atoms with Crippen molar-refractivity contribution >= 4 is 19.3 Å². The van der Waals surface area contributed by atoms with Gasteiger partial charge in [-0.15, -0.1) is 0 Å². The van der Waals surface area contributed by atoms with Crippen molar-refractivity contribution in [3.63, 3.8) is 0 Å². The topological polar surface area (TPSA) is 105 Å². The number of carbonyl (C=O) groups excluding carboxylic acids is 2. The van der Waals surface area contributed by atoms with E-state index in [0.29, 0.717) is 19.3 Å². The fourth-order valence-electron chi connectivity index (χ4n) is 6.54. The smallest absolute Gasteiger partial charge is 0.353 e. The lowest BCUT2D eigenvalue weighted by Crippen LogP contribution is -2.60. The number of unbranched alkanes of at least 4 members (excludes halogenated alkanes) is 14. The zero-order valence-electron chi connectivity index (χ0n) is 33.7. The summed E-state index contributed by atoms with van der Waals surface area (Å²) < 4.78 is 20.3. The summed E-state index contributed by atoms with van der Waals surface area (Å²) in [6.07, 6.45) is 26.9. The zero-order chi connectivity index (χ0) is 37.0. The Labute approximate surface area is 304 Å². The molecule has 0 aromatic heterocycles. The van der Waals surface area contributed by atoms with Gasteiger partial charge in [0.25, 0.3) is 5.47 Å². The minimum atomic E-state index is -4.22. The van der Waals surface area contributed by atoms with Crippen LogP contribution >= 0.6 is 7.52 Å². The lowest BCUT2D eigenvalue weighted by atomic mass is 9.97. The van der Waals surface area contributed by atoms with Crippen molar-refractivity contribution in [2.24, 2.45) is 11.8 Å². The van der Waals surface area contributed by atoms with E-state index in [1.54, 1.807) is 0 Å². The first-order valence-corrected chi connectivity index (χ1v) is 22.2. The number of aliphatic hydroxyl groups is 1. The van der Waals surface area contributed by atoms with Gasteiger partial charge >= 0.3 is 7.52 Å². The maximum atomic E-state index is 14.3. The first kappa shape index (κ1) is 48.0. The molecule has 0 aliphatic heterocycles. The minimum absolute atomic E-state index is 0.0749. The van der Waals surface area contributed by atoms with Gasteiger partial charge in [0.15, 0.2) is 0 Å². The van der Waals surface area contributed by atoms with Crippen LogP contribution in [0.3, 0.4) is 0 Å². The Morgan fingerprint density at radius 2 is 1.02 bits per heavy atom. The van der Waals surface area contributed by atoms with Crippen molar-refractivity contribution in [3.05, 3.63) is 0 Å². The van der Waals surface area contributed by atoms with Crippen molar-refractivity contribution in [2.45, 2.75) is 201 Å². The third kappa shape index (κ3) is 25.6. The molecule has 8 nitrogen and oxygen atoms in total. The van der Waals surface area contributed by atoms with Gasteiger partial charge in [-0.1, -0.05) is 163 Å². The summed E-state index contributed by atoms with van der Waals surface area (Å²) in [5, 5.41) is 17.1. The van der Waals surface area contributed by atoms with Crippen LogP contribution in [-0.4, -0.2) is 61.2 Å². The molecule has 0 heterocycles. The summed E-state index contributed by atoms with van der Waals surface area (Å²) in [5.74, 6) is 0.869. The Morgan fingerprint density at radius 3 is 1.43 bits per heavy atom. The van der Waals surface area contributed by atoms with Gasteiger partial charge in [-0.3, -0.25) is 19.2 Å². The summed E-state index contributed by atoms with van der Waals surface area (Å²) in [6.45, 7) is 11.1. The fourth-order valence-corrected chi connectivity index (χ4v) is 8.77. The van der Waals surface area contributed by atoms with E-state index in [2.05, 4.69) is 38.1 Å². The molecule has 0 aliphatic carbocycles. The highest BCUT2D eigenvalue weighted by Gasteiger charge is 2.54. The number of quaternary nitrogens is 1. The predicted molar refractivity (Wildman–Crippen MR) is 208 cm³/mol. The Morgan fingerprint density at radius 1 is 0.633 bits per heavy atom. The van der Waals surface area contributed by atoms with Gasteiger partial charge in [-0.25, -0.2) is 0 Å². The lowest BCUT2D eigenvalue weighted by Gasteiger charge is -2.39. The number of hydrogen-bond acceptors (Lipinski definition) is 5. The average Bonchev–Trinajstić information content (AvgIpc) is 3.02. The lowest BCUT2D eigenvalue weighted by molar-refractivity contribution is -0.875. The first-order valence-electron chi connectivity index (χ1n) is 20.6. The van der Waals surface area contributed by atoms with Crippen LogP contribution in [0.2, 0.25) is 0 Å². The zero-order valence-corrected chi connectivity index (χ0v) is 34.6. The third-order valence-electron chi connectivity index (χ3n) is 9.57. The van der Waals surface area contributed by atoms with Crippen molar-refractivity contribution in [1.82, 2.24) is 10.4 Å². The van der Waals surface area contributed by atoms with E-state index >= 15 is 0 Å². The Bertz CT molecular complexity index is 880. The molecule has 0 bridgehead atoms. The molecule has 0 aliphatic rings. The monoisotopic (exact) mass is 717 g/mol. The number of hydrogen-bond donors (Lipinski definition) is 3. The molecule has 0 spiro atoms. The molecule has 0 rings (SSSR count). The van der Waals surface area contributed by atoms with Crippen LogP contribution in [0.15, 0.2) is 0 Å². The van der Waals surface area contributed by atoms with Crippen molar-refractivity contribution in [3.8, 4) is 0 Å². The largest absolute Gasteiger partial charge is 0.357 e. The molecule has 3 N–H and O–H groups in total. The highest BCUT2D eigenvalue weighted by atomic mass is 31.2. The van der Waals surface area contributed by atoms with Crippen LogP contribution in [0.1, 0.15) is 195 Å². The predicted octanol–water partition coefficient (Wildman–Crippen LogP) is 10.9. The van der Waals surface area contributed by atoms with Crippen molar-refractivity contribution in [1.29, 1.82) is 0 Å². The molecule has 9 heteroatoms. The highest BCUT2D eigenvalue weighted by Crippen LogP contribution is 2.53. The van der Waals surface area contributed by atoms with Gasteiger partial charge in [0.2, 0.25) is 11.8 Å². The third-order valence-corrected chi connectivity index (χ3v) is 11.9. The van der Waals surface area contributed by atoms with E-state index in [0.717, 1.165) is 43.9 Å². The molecule has 0 aromatic carbocycles. The molecule has 0 aromatic rings. The summed E-state index contributed by atoms with van der Waals surface area (Å²) in [7, 11) is 1.33. The van der Waals surface area contributed by atoms with Crippen LogP contribution in [0.25, 0.3) is 0 Å². The number of rotatable bonds is 34. The Hall–Kier alpha value is -0.950. The molecular weight excluding hydrogens is 633 g/mol. The fraction of sp³-hybridized carbons (Fsp3) is 0.950. The van der Waals surface area contributed by atoms with Crippen molar-refractivity contribution < 1.29 is 28.3 Å². The second-order valence-electron chi connectivity index (χ2n) is 16.3. The number of nitrogens with zero attached hydrogens (tertiary/aromatic N) is 1. The van der Waals surface area contributed by atoms with E-state index in [4.69, 9.17) is 4.52 Å². The van der Waals surface area contributed by atoms with Crippen LogP contribution in [0.5, 0.6) is 0 Å². The molecule has 2 amide bonds. The maximum Gasteiger partial charge on any atom is 0.353 e. The highest BCUT2D eigenvalue weighted by molar-refractivity contribution is 7.59. The van der Waals surface area contributed by atoms with Gasteiger partial charge < -0.3 is 19.4 Å². The second kappa shape index (κ2) is 28.6. The standard InChI is InChI=1S/C40H82N3O5P/c1-9-12-28-36(4)30-24-20-16-14-18-22-26-32-38(44)41-40(46,35-43(6,7)8)49(47,48-34-11-3)42-39(45)33-27-23-19-15-17-21-25-31-37(5)29-13-10-2/h36-37,46H,9-35H2,1-8H3,(H-,41,42,44,45,47)/p+1. The van der Waals surface area contributed by atoms with Crippen molar-refractivity contribution in [2.75, 3.05) is 34.3 Å². The number of nitrogens with one attached hydrogen (secondary N) is 2. The van der Waals surface area contributed by atoms with Gasteiger partial charge in [0.1, 0.15) is 6.54 Å². The van der Waals surface area contributed by atoms with Crippen LogP contribution in [0.4, 0.5) is 0 Å².